The number of hydroxylamine groups is 1. The van der Waals surface area contributed by atoms with Gasteiger partial charge in [0.15, 0.2) is 5.75 Å². The Kier molecular flexibility index (Phi) is 4.33. The highest BCUT2D eigenvalue weighted by Gasteiger charge is 2.31. The van der Waals surface area contributed by atoms with E-state index in [9.17, 15) is 0 Å². The molecule has 2 heteroatoms. The van der Waals surface area contributed by atoms with Gasteiger partial charge >= 0.3 is 0 Å². The molecule has 116 valence electrons. The molecule has 0 bridgehead atoms. The van der Waals surface area contributed by atoms with Crippen LogP contribution in [0.2, 0.25) is 0 Å². The summed E-state index contributed by atoms with van der Waals surface area (Å²) in [4.78, 5) is 6.25. The topological polar surface area (TPSA) is 12.5 Å². The molecule has 0 saturated heterocycles. The Balaban J connectivity index is 2.01. The van der Waals surface area contributed by atoms with E-state index in [0.717, 1.165) is 11.4 Å². The lowest BCUT2D eigenvalue weighted by Gasteiger charge is -2.39. The van der Waals surface area contributed by atoms with Crippen LogP contribution in [-0.4, -0.2) is 0 Å². The highest BCUT2D eigenvalue weighted by Crippen LogP contribution is 2.33. The Morgan fingerprint density at radius 2 is 1.13 bits per heavy atom. The van der Waals surface area contributed by atoms with Crippen LogP contribution >= 0.6 is 0 Å². The van der Waals surface area contributed by atoms with Gasteiger partial charge in [0.1, 0.15) is 0 Å². The molecule has 0 saturated carbocycles. The number of rotatable bonds is 5. The van der Waals surface area contributed by atoms with E-state index in [-0.39, 0.29) is 5.54 Å². The van der Waals surface area contributed by atoms with Gasteiger partial charge in [-0.1, -0.05) is 66.7 Å². The van der Waals surface area contributed by atoms with Gasteiger partial charge in [0.25, 0.3) is 0 Å². The van der Waals surface area contributed by atoms with Crippen molar-refractivity contribution in [3.63, 3.8) is 0 Å². The van der Waals surface area contributed by atoms with Crippen molar-refractivity contribution in [2.45, 2.75) is 19.4 Å². The van der Waals surface area contributed by atoms with Crippen LogP contribution in [0.5, 0.6) is 5.75 Å². The highest BCUT2D eigenvalue weighted by molar-refractivity contribution is 5.49. The lowest BCUT2D eigenvalue weighted by molar-refractivity contribution is 0.194. The molecule has 3 rings (SSSR count). The number of para-hydroxylation sites is 2. The molecule has 3 aromatic carbocycles. The molecule has 0 unspecified atom stereocenters. The molecule has 0 N–H and O–H groups in total. The van der Waals surface area contributed by atoms with Gasteiger partial charge in [-0.3, -0.25) is 0 Å². The summed E-state index contributed by atoms with van der Waals surface area (Å²) in [6, 6.07) is 30.5. The molecule has 3 aromatic rings. The summed E-state index contributed by atoms with van der Waals surface area (Å²) in [5.41, 5.74) is 1.89. The summed E-state index contributed by atoms with van der Waals surface area (Å²) in [7, 11) is 0. The Morgan fingerprint density at radius 1 is 0.652 bits per heavy atom. The molecular weight excluding hydrogens is 282 g/mol. The summed E-state index contributed by atoms with van der Waals surface area (Å²) in [5.74, 6) is 0.820. The van der Waals surface area contributed by atoms with Crippen LogP contribution in [0.3, 0.4) is 0 Å². The van der Waals surface area contributed by atoms with Crippen LogP contribution in [0.15, 0.2) is 91.0 Å². The number of hydrogen-bond acceptors (Lipinski definition) is 2. The predicted molar refractivity (Wildman–Crippen MR) is 95.5 cm³/mol. The van der Waals surface area contributed by atoms with Crippen molar-refractivity contribution in [1.82, 2.24) is 0 Å². The lowest BCUT2D eigenvalue weighted by Crippen LogP contribution is -2.44. The molecule has 0 aliphatic rings. The van der Waals surface area contributed by atoms with E-state index in [1.165, 1.54) is 5.56 Å². The van der Waals surface area contributed by atoms with Gasteiger partial charge in [0.2, 0.25) is 0 Å². The van der Waals surface area contributed by atoms with Crippen LogP contribution in [0, 0.1) is 0 Å². The number of nitrogens with zero attached hydrogens (tertiary/aromatic N) is 1. The summed E-state index contributed by atoms with van der Waals surface area (Å²) >= 11 is 0. The zero-order valence-corrected chi connectivity index (χ0v) is 13.5. The van der Waals surface area contributed by atoms with E-state index < -0.39 is 0 Å². The zero-order valence-electron chi connectivity index (χ0n) is 13.5. The Labute approximate surface area is 137 Å². The van der Waals surface area contributed by atoms with Crippen molar-refractivity contribution in [2.24, 2.45) is 0 Å². The van der Waals surface area contributed by atoms with Gasteiger partial charge < -0.3 is 4.84 Å². The molecule has 0 aliphatic heterocycles. The number of benzene rings is 3. The van der Waals surface area contributed by atoms with E-state index >= 15 is 0 Å². The highest BCUT2D eigenvalue weighted by atomic mass is 16.7. The van der Waals surface area contributed by atoms with Crippen molar-refractivity contribution >= 4 is 5.69 Å². The molecule has 0 spiro atoms. The Hall–Kier alpha value is -2.74. The monoisotopic (exact) mass is 303 g/mol. The largest absolute Gasteiger partial charge is 0.379 e. The third-order valence-electron chi connectivity index (χ3n) is 3.92. The fourth-order valence-corrected chi connectivity index (χ4v) is 2.60. The maximum absolute atomic E-state index is 6.25. The molecule has 0 aliphatic carbocycles. The van der Waals surface area contributed by atoms with Crippen molar-refractivity contribution in [2.75, 3.05) is 5.06 Å². The number of anilines is 1. The van der Waals surface area contributed by atoms with Crippen LogP contribution < -0.4 is 9.90 Å². The second-order valence-electron chi connectivity index (χ2n) is 5.96. The first-order valence-corrected chi connectivity index (χ1v) is 7.82. The maximum Gasteiger partial charge on any atom is 0.155 e. The third kappa shape index (κ3) is 3.37. The predicted octanol–water partition coefficient (Wildman–Crippen LogP) is 5.42. The normalized spacial score (nSPS) is 11.0. The summed E-state index contributed by atoms with van der Waals surface area (Å²) in [5, 5.41) is 1.97. The van der Waals surface area contributed by atoms with Crippen molar-refractivity contribution in [3.8, 4) is 5.75 Å². The Bertz CT molecular complexity index is 724. The molecule has 23 heavy (non-hydrogen) atoms. The smallest absolute Gasteiger partial charge is 0.155 e. The fraction of sp³-hybridized carbons (Fsp3) is 0.143. The molecule has 0 fully saturated rings. The van der Waals surface area contributed by atoms with Gasteiger partial charge in [-0.2, -0.15) is 0 Å². The molecule has 0 radical (unpaired) electrons. The van der Waals surface area contributed by atoms with E-state index in [0.29, 0.717) is 0 Å². The minimum absolute atomic E-state index is 0.321. The van der Waals surface area contributed by atoms with Crippen LogP contribution in [0.1, 0.15) is 19.4 Å². The summed E-state index contributed by atoms with van der Waals surface area (Å²) in [6.07, 6.45) is 0. The average molecular weight is 303 g/mol. The minimum atomic E-state index is -0.321. The average Bonchev–Trinajstić information content (AvgIpc) is 2.62. The van der Waals surface area contributed by atoms with Gasteiger partial charge in [0.05, 0.1) is 11.2 Å². The Morgan fingerprint density at radius 3 is 1.70 bits per heavy atom. The molecular formula is C21H21NO. The number of hydrogen-bond donors (Lipinski definition) is 0. The molecule has 0 atom stereocenters. The van der Waals surface area contributed by atoms with Crippen molar-refractivity contribution in [1.29, 1.82) is 0 Å². The summed E-state index contributed by atoms with van der Waals surface area (Å²) < 4.78 is 0. The second-order valence-corrected chi connectivity index (χ2v) is 5.96. The first kappa shape index (κ1) is 15.2. The van der Waals surface area contributed by atoms with Gasteiger partial charge in [-0.05, 0) is 43.7 Å². The van der Waals surface area contributed by atoms with Gasteiger partial charge in [-0.25, -0.2) is 5.06 Å². The second kappa shape index (κ2) is 6.57. The fourth-order valence-electron chi connectivity index (χ4n) is 2.60. The maximum atomic E-state index is 6.25. The van der Waals surface area contributed by atoms with E-state index in [2.05, 4.69) is 50.2 Å². The standard InChI is InChI=1S/C21H21NO/c1-21(2,18-12-6-3-7-13-18)22(19-14-8-4-9-15-19)23-20-16-10-5-11-17-20/h3-17H,1-2H3. The van der Waals surface area contributed by atoms with E-state index in [4.69, 9.17) is 4.84 Å². The SMILES string of the molecule is CC(C)(c1ccccc1)N(Oc1ccccc1)c1ccccc1. The minimum Gasteiger partial charge on any atom is -0.379 e. The molecule has 0 heterocycles. The van der Waals surface area contributed by atoms with Crippen molar-refractivity contribution < 1.29 is 4.84 Å². The molecule has 0 amide bonds. The third-order valence-corrected chi connectivity index (χ3v) is 3.92. The van der Waals surface area contributed by atoms with Gasteiger partial charge in [-0.15, -0.1) is 0 Å². The quantitative estimate of drug-likeness (QED) is 0.583. The van der Waals surface area contributed by atoms with E-state index in [1.807, 2.05) is 59.7 Å². The molecule has 2 nitrogen and oxygen atoms in total. The van der Waals surface area contributed by atoms with Crippen LogP contribution in [0.4, 0.5) is 5.69 Å². The van der Waals surface area contributed by atoms with Crippen LogP contribution in [0.25, 0.3) is 0 Å². The summed E-state index contributed by atoms with van der Waals surface area (Å²) in [6.45, 7) is 4.33. The van der Waals surface area contributed by atoms with E-state index in [1.54, 1.807) is 0 Å². The lowest BCUT2D eigenvalue weighted by atomic mass is 9.93. The zero-order chi connectivity index (χ0) is 16.1. The first-order chi connectivity index (χ1) is 11.2. The van der Waals surface area contributed by atoms with Gasteiger partial charge in [0, 0.05) is 0 Å². The first-order valence-electron chi connectivity index (χ1n) is 7.82. The molecule has 0 aromatic heterocycles. The van der Waals surface area contributed by atoms with Crippen LogP contribution in [-0.2, 0) is 5.54 Å². The van der Waals surface area contributed by atoms with Crippen molar-refractivity contribution in [3.05, 3.63) is 96.6 Å².